The lowest BCUT2D eigenvalue weighted by Gasteiger charge is -2.40. The Balaban J connectivity index is 0.000000151. The van der Waals surface area contributed by atoms with Crippen LogP contribution in [0.2, 0.25) is 0 Å². The first-order valence-corrected chi connectivity index (χ1v) is 12.6. The maximum Gasteiger partial charge on any atom is 0.109 e. The monoisotopic (exact) mass is 525 g/mol. The molecule has 0 aliphatic carbocycles. The van der Waals surface area contributed by atoms with Crippen LogP contribution in [0.3, 0.4) is 0 Å². The summed E-state index contributed by atoms with van der Waals surface area (Å²) < 4.78 is 0. The average Bonchev–Trinajstić information content (AvgIpc) is 3.36. The van der Waals surface area contributed by atoms with E-state index in [1.807, 2.05) is 9.80 Å². The number of fused-ring (bicyclic) bond motifs is 2. The fourth-order valence-corrected chi connectivity index (χ4v) is 5.75. The molecule has 212 valence electrons. The molecule has 0 amide bonds. The Labute approximate surface area is 209 Å². The van der Waals surface area contributed by atoms with Crippen molar-refractivity contribution in [3.05, 3.63) is 0 Å². The maximum absolute atomic E-state index is 9.58. The molecule has 0 saturated carbocycles. The molecule has 5 saturated heterocycles. The SMILES string of the molecule is OCC1NCC(O)[C@@H](O)[C@@H]1O.O[C@H]1[C@H](O)[C@@H](O)CN2CC[C@H](O)[C@H]12.O[C@H]1[C@H]2[C@H](O)CCCN2C[C@H]1O. The molecule has 5 heterocycles. The van der Waals surface area contributed by atoms with E-state index in [-0.39, 0.29) is 19.2 Å². The van der Waals surface area contributed by atoms with E-state index in [0.717, 1.165) is 19.4 Å². The maximum atomic E-state index is 9.58. The third-order valence-electron chi connectivity index (χ3n) is 7.91. The third kappa shape index (κ3) is 6.52. The van der Waals surface area contributed by atoms with E-state index in [0.29, 0.717) is 26.1 Å². The molecular formula is C22H43N3O11. The first kappa shape index (κ1) is 30.0. The van der Waals surface area contributed by atoms with Crippen LogP contribution in [0.4, 0.5) is 0 Å². The molecule has 14 heteroatoms. The van der Waals surface area contributed by atoms with Crippen molar-refractivity contribution < 1.29 is 56.2 Å². The van der Waals surface area contributed by atoms with Gasteiger partial charge in [-0.15, -0.1) is 0 Å². The lowest BCUT2D eigenvalue weighted by molar-refractivity contribution is -0.140. The molecule has 0 radical (unpaired) electrons. The molecule has 2 unspecified atom stereocenters. The first-order valence-electron chi connectivity index (χ1n) is 12.6. The standard InChI is InChI=1S/C8H15NO4.C8H15NO3.C6H13NO4/c10-4-1-2-9-3-5(11)7(12)8(13)6(4)9;10-5-2-1-3-9-4-6(11)8(12)7(5)9;8-2-3-5(10)6(11)4(9)1-7-3/h4-8,10-13H,1-3H2;5-8,10-12H,1-4H2;3-11H,1-2H2/t4-,5-,6+,7+,8+;5-,6-,7-,8-;3?,4?,5-,6-/m011/s1. The number of piperidine rings is 3. The van der Waals surface area contributed by atoms with Crippen molar-refractivity contribution in [2.45, 2.75) is 98.4 Å². The summed E-state index contributed by atoms with van der Waals surface area (Å²) in [6.07, 6.45) is -6.48. The Morgan fingerprint density at radius 3 is 1.69 bits per heavy atom. The van der Waals surface area contributed by atoms with Crippen molar-refractivity contribution in [2.24, 2.45) is 0 Å². The zero-order valence-corrected chi connectivity index (χ0v) is 20.2. The van der Waals surface area contributed by atoms with E-state index >= 15 is 0 Å². The van der Waals surface area contributed by atoms with Gasteiger partial charge in [-0.25, -0.2) is 0 Å². The molecular weight excluding hydrogens is 482 g/mol. The summed E-state index contributed by atoms with van der Waals surface area (Å²) in [6.45, 7) is 2.35. The highest BCUT2D eigenvalue weighted by atomic mass is 16.4. The van der Waals surface area contributed by atoms with Gasteiger partial charge in [-0.1, -0.05) is 0 Å². The molecule has 0 aromatic heterocycles. The van der Waals surface area contributed by atoms with E-state index in [1.165, 1.54) is 0 Å². The van der Waals surface area contributed by atoms with Crippen molar-refractivity contribution >= 4 is 0 Å². The molecule has 0 aromatic rings. The lowest BCUT2D eigenvalue weighted by atomic mass is 9.93. The van der Waals surface area contributed by atoms with Crippen LogP contribution in [0.25, 0.3) is 0 Å². The third-order valence-corrected chi connectivity index (χ3v) is 7.91. The van der Waals surface area contributed by atoms with Crippen LogP contribution in [-0.4, -0.2) is 184 Å². The Morgan fingerprint density at radius 2 is 1.08 bits per heavy atom. The van der Waals surface area contributed by atoms with Crippen molar-refractivity contribution in [3.8, 4) is 0 Å². The highest BCUT2D eigenvalue weighted by Gasteiger charge is 2.47. The lowest BCUT2D eigenvalue weighted by Crippen LogP contribution is -2.61. The largest absolute Gasteiger partial charge is 0.395 e. The molecule has 5 aliphatic rings. The fourth-order valence-electron chi connectivity index (χ4n) is 5.75. The van der Waals surface area contributed by atoms with Gasteiger partial charge in [-0.3, -0.25) is 9.80 Å². The minimum absolute atomic E-state index is 0.198. The zero-order valence-electron chi connectivity index (χ0n) is 20.2. The van der Waals surface area contributed by atoms with E-state index in [4.69, 9.17) is 15.3 Å². The van der Waals surface area contributed by atoms with Crippen LogP contribution in [-0.2, 0) is 0 Å². The van der Waals surface area contributed by atoms with Gasteiger partial charge in [0.2, 0.25) is 0 Å². The molecule has 0 aromatic carbocycles. The van der Waals surface area contributed by atoms with Crippen molar-refractivity contribution in [2.75, 3.05) is 39.3 Å². The predicted octanol–water partition coefficient (Wildman–Crippen LogP) is -6.90. The number of hydrogen-bond donors (Lipinski definition) is 12. The average molecular weight is 526 g/mol. The second kappa shape index (κ2) is 13.0. The summed E-state index contributed by atoms with van der Waals surface area (Å²) in [6, 6.07) is -1.17. The first-order chi connectivity index (χ1) is 17.0. The van der Waals surface area contributed by atoms with E-state index < -0.39 is 73.1 Å². The second-order valence-electron chi connectivity index (χ2n) is 10.4. The summed E-state index contributed by atoms with van der Waals surface area (Å²) in [5.74, 6) is 0. The Hall–Kier alpha value is -0.560. The fraction of sp³-hybridized carbons (Fsp3) is 1.00. The van der Waals surface area contributed by atoms with Gasteiger partial charge in [-0.05, 0) is 25.8 Å². The number of aliphatic hydroxyl groups is 11. The van der Waals surface area contributed by atoms with Gasteiger partial charge < -0.3 is 61.5 Å². The van der Waals surface area contributed by atoms with Gasteiger partial charge in [-0.2, -0.15) is 0 Å². The molecule has 0 bridgehead atoms. The minimum Gasteiger partial charge on any atom is -0.395 e. The highest BCUT2D eigenvalue weighted by molar-refractivity contribution is 5.01. The van der Waals surface area contributed by atoms with Gasteiger partial charge in [0.1, 0.15) is 18.3 Å². The molecule has 13 atom stereocenters. The van der Waals surface area contributed by atoms with E-state index in [9.17, 15) is 40.9 Å². The Kier molecular flexibility index (Phi) is 10.8. The highest BCUT2D eigenvalue weighted by Crippen LogP contribution is 2.28. The van der Waals surface area contributed by atoms with Crippen LogP contribution >= 0.6 is 0 Å². The number of nitrogens with zero attached hydrogens (tertiary/aromatic N) is 2. The van der Waals surface area contributed by atoms with Gasteiger partial charge in [0.25, 0.3) is 0 Å². The van der Waals surface area contributed by atoms with E-state index in [1.54, 1.807) is 0 Å². The van der Waals surface area contributed by atoms with E-state index in [2.05, 4.69) is 5.32 Å². The van der Waals surface area contributed by atoms with Crippen LogP contribution < -0.4 is 5.32 Å². The number of nitrogens with one attached hydrogen (secondary N) is 1. The topological polar surface area (TPSA) is 241 Å². The normalized spacial score (nSPS) is 49.2. The molecule has 5 rings (SSSR count). The smallest absolute Gasteiger partial charge is 0.109 e. The molecule has 0 spiro atoms. The van der Waals surface area contributed by atoms with Crippen LogP contribution in [0.15, 0.2) is 0 Å². The Bertz CT molecular complexity index is 679. The number of hydrogen-bond acceptors (Lipinski definition) is 14. The van der Waals surface area contributed by atoms with Crippen LogP contribution in [0.1, 0.15) is 19.3 Å². The van der Waals surface area contributed by atoms with Crippen LogP contribution in [0.5, 0.6) is 0 Å². The molecule has 12 N–H and O–H groups in total. The van der Waals surface area contributed by atoms with Gasteiger partial charge >= 0.3 is 0 Å². The summed E-state index contributed by atoms with van der Waals surface area (Å²) in [7, 11) is 0. The number of rotatable bonds is 1. The van der Waals surface area contributed by atoms with Gasteiger partial charge in [0.15, 0.2) is 0 Å². The van der Waals surface area contributed by atoms with Gasteiger partial charge in [0.05, 0.1) is 67.5 Å². The van der Waals surface area contributed by atoms with Crippen molar-refractivity contribution in [1.82, 2.24) is 15.1 Å². The molecule has 5 aliphatic heterocycles. The minimum atomic E-state index is -1.16. The molecule has 5 fully saturated rings. The summed E-state index contributed by atoms with van der Waals surface area (Å²) in [5.41, 5.74) is 0. The predicted molar refractivity (Wildman–Crippen MR) is 124 cm³/mol. The molecule has 14 nitrogen and oxygen atoms in total. The second-order valence-corrected chi connectivity index (χ2v) is 10.4. The summed E-state index contributed by atoms with van der Waals surface area (Å²) in [4.78, 5) is 3.80. The quantitative estimate of drug-likeness (QED) is 0.152. The van der Waals surface area contributed by atoms with Gasteiger partial charge in [0, 0.05) is 26.2 Å². The summed E-state index contributed by atoms with van der Waals surface area (Å²) in [5, 5.41) is 105. The number of β-amino-alcohol motifs (C(OH)–C–C–N with tert-alkyl or cyclic N) is 1. The summed E-state index contributed by atoms with van der Waals surface area (Å²) >= 11 is 0. The zero-order chi connectivity index (χ0) is 26.7. The van der Waals surface area contributed by atoms with Crippen LogP contribution in [0, 0.1) is 0 Å². The number of aliphatic hydroxyl groups excluding tert-OH is 11. The Morgan fingerprint density at radius 1 is 0.556 bits per heavy atom. The van der Waals surface area contributed by atoms with Crippen molar-refractivity contribution in [3.63, 3.8) is 0 Å². The molecule has 36 heavy (non-hydrogen) atoms. The van der Waals surface area contributed by atoms with Crippen molar-refractivity contribution in [1.29, 1.82) is 0 Å².